The summed E-state index contributed by atoms with van der Waals surface area (Å²) in [6.45, 7) is 1.76. The Kier molecular flexibility index (Phi) is 9.09. The van der Waals surface area contributed by atoms with Crippen LogP contribution in [0.2, 0.25) is 0 Å². The maximum Gasteiger partial charge on any atom is 0.344 e. The maximum atomic E-state index is 10.4. The summed E-state index contributed by atoms with van der Waals surface area (Å²) in [5, 5.41) is 32.9. The molecule has 0 radical (unpaired) electrons. The minimum absolute atomic E-state index is 0.119. The molecule has 2 fully saturated rings. The van der Waals surface area contributed by atoms with Gasteiger partial charge in [0.1, 0.15) is 6.10 Å². The van der Waals surface area contributed by atoms with E-state index >= 15 is 0 Å². The van der Waals surface area contributed by atoms with Crippen LogP contribution in [-0.4, -0.2) is 45.8 Å². The number of hydrogen-bond acceptors (Lipinski definition) is 5. The summed E-state index contributed by atoms with van der Waals surface area (Å²) in [5.74, 6) is 4.99. The van der Waals surface area contributed by atoms with E-state index in [1.807, 2.05) is 0 Å². The summed E-state index contributed by atoms with van der Waals surface area (Å²) in [6.07, 6.45) is 9.34. The van der Waals surface area contributed by atoms with Crippen LogP contribution in [-0.2, 0) is 9.63 Å². The second-order valence-corrected chi connectivity index (χ2v) is 7.77. The highest BCUT2D eigenvalue weighted by Gasteiger charge is 2.51. The number of carboxylic acids is 1. The molecule has 0 aliphatic heterocycles. The summed E-state index contributed by atoms with van der Waals surface area (Å²) < 4.78 is 0. The normalized spacial score (nSPS) is 28.8. The van der Waals surface area contributed by atoms with Crippen LogP contribution < -0.4 is 0 Å². The molecule has 0 heterocycles. The molecule has 2 rings (SSSR count). The van der Waals surface area contributed by atoms with E-state index in [4.69, 9.17) is 9.94 Å². The van der Waals surface area contributed by atoms with E-state index in [1.54, 1.807) is 0 Å². The van der Waals surface area contributed by atoms with Crippen molar-refractivity contribution in [1.82, 2.24) is 0 Å². The van der Waals surface area contributed by atoms with Crippen LogP contribution in [0.25, 0.3) is 0 Å². The summed E-state index contributed by atoms with van der Waals surface area (Å²) in [7, 11) is 0. The first kappa shape index (κ1) is 21.7. The predicted octanol–water partition coefficient (Wildman–Crippen LogP) is 2.97. The smallest absolute Gasteiger partial charge is 0.344 e. The zero-order valence-electron chi connectivity index (χ0n) is 16.3. The van der Waals surface area contributed by atoms with Crippen LogP contribution in [0.3, 0.4) is 0 Å². The van der Waals surface area contributed by atoms with Crippen molar-refractivity contribution in [2.45, 2.75) is 83.3 Å². The first-order valence-corrected chi connectivity index (χ1v) is 10.3. The van der Waals surface area contributed by atoms with Gasteiger partial charge in [0.25, 0.3) is 0 Å². The van der Waals surface area contributed by atoms with Crippen molar-refractivity contribution in [3.8, 4) is 11.8 Å². The van der Waals surface area contributed by atoms with Gasteiger partial charge in [-0.2, -0.15) is 0 Å². The second-order valence-electron chi connectivity index (χ2n) is 7.77. The number of aliphatic hydroxyl groups is 2. The number of rotatable bonds is 11. The zero-order valence-corrected chi connectivity index (χ0v) is 16.3. The Labute approximate surface area is 162 Å². The predicted molar refractivity (Wildman–Crippen MR) is 103 cm³/mol. The van der Waals surface area contributed by atoms with Crippen LogP contribution in [0, 0.1) is 29.6 Å². The average molecular weight is 379 g/mol. The molecule has 5 atom stereocenters. The van der Waals surface area contributed by atoms with Gasteiger partial charge in [0, 0.05) is 11.8 Å². The van der Waals surface area contributed by atoms with E-state index in [0.29, 0.717) is 19.3 Å². The largest absolute Gasteiger partial charge is 0.479 e. The van der Waals surface area contributed by atoms with Crippen molar-refractivity contribution in [3.05, 3.63) is 0 Å². The summed E-state index contributed by atoms with van der Waals surface area (Å²) in [6, 6.07) is 0. The first-order valence-electron chi connectivity index (χ1n) is 10.3. The van der Waals surface area contributed by atoms with E-state index in [-0.39, 0.29) is 17.8 Å². The third-order valence-electron chi connectivity index (χ3n) is 5.63. The molecule has 0 bridgehead atoms. The van der Waals surface area contributed by atoms with Gasteiger partial charge in [0.15, 0.2) is 0 Å². The summed E-state index contributed by atoms with van der Waals surface area (Å²) >= 11 is 0. The van der Waals surface area contributed by atoms with E-state index in [1.165, 1.54) is 32.1 Å². The van der Waals surface area contributed by atoms with E-state index in [0.717, 1.165) is 18.6 Å². The van der Waals surface area contributed by atoms with Crippen molar-refractivity contribution >= 4 is 11.7 Å². The number of carbonyl (C=O) groups is 1. The van der Waals surface area contributed by atoms with Crippen molar-refractivity contribution in [1.29, 1.82) is 0 Å². The minimum Gasteiger partial charge on any atom is -0.479 e. The fraction of sp³-hybridized carbons (Fsp3) is 0.810. The third kappa shape index (κ3) is 6.82. The lowest BCUT2D eigenvalue weighted by Crippen LogP contribution is -2.38. The van der Waals surface area contributed by atoms with Gasteiger partial charge in [0.05, 0.1) is 11.8 Å². The Morgan fingerprint density at radius 1 is 1.26 bits per heavy atom. The molecular formula is C21H33NO5. The van der Waals surface area contributed by atoms with Crippen molar-refractivity contribution in [2.75, 3.05) is 6.61 Å². The number of carboxylic acid groups (broad SMARTS) is 1. The molecule has 0 saturated heterocycles. The molecule has 0 aromatic heterocycles. The second kappa shape index (κ2) is 11.3. The molecule has 0 aromatic carbocycles. The van der Waals surface area contributed by atoms with Gasteiger partial charge in [-0.1, -0.05) is 62.4 Å². The van der Waals surface area contributed by atoms with Gasteiger partial charge in [-0.05, 0) is 31.6 Å². The third-order valence-corrected chi connectivity index (χ3v) is 5.63. The summed E-state index contributed by atoms with van der Waals surface area (Å²) in [4.78, 5) is 15.2. The quantitative estimate of drug-likeness (QED) is 0.291. The Morgan fingerprint density at radius 2 is 1.96 bits per heavy atom. The van der Waals surface area contributed by atoms with Gasteiger partial charge in [-0.3, -0.25) is 0 Å². The molecule has 0 amide bonds. The number of aliphatic hydroxyl groups excluding tert-OH is 2. The first-order chi connectivity index (χ1) is 13.0. The zero-order chi connectivity index (χ0) is 19.6. The number of aliphatic carboxylic acids is 1. The van der Waals surface area contributed by atoms with Gasteiger partial charge in [0.2, 0.25) is 6.61 Å². The van der Waals surface area contributed by atoms with E-state index < -0.39 is 24.8 Å². The van der Waals surface area contributed by atoms with Gasteiger partial charge < -0.3 is 20.2 Å². The molecule has 2 aliphatic carbocycles. The standard InChI is InChI=1S/C21H33NO5/c1-2-3-4-5-6-7-8-9-16(23)11-10-15-12-17-18(21(15)26)13-19(17)22-27-14-20(24)25/h15-18,21,23,26H,2-9,12-14H2,1H3,(H,24,25). The fourth-order valence-electron chi connectivity index (χ4n) is 3.99. The Bertz CT molecular complexity index is 565. The van der Waals surface area contributed by atoms with Crippen LogP contribution >= 0.6 is 0 Å². The summed E-state index contributed by atoms with van der Waals surface area (Å²) in [5.41, 5.74) is 0.813. The molecule has 6 nitrogen and oxygen atoms in total. The fourth-order valence-corrected chi connectivity index (χ4v) is 3.99. The molecule has 2 saturated carbocycles. The van der Waals surface area contributed by atoms with Crippen molar-refractivity contribution < 1.29 is 25.0 Å². The highest BCUT2D eigenvalue weighted by atomic mass is 16.6. The van der Waals surface area contributed by atoms with E-state index in [9.17, 15) is 15.0 Å². The number of fused-ring (bicyclic) bond motifs is 1. The lowest BCUT2D eigenvalue weighted by Gasteiger charge is -2.33. The molecule has 3 N–H and O–H groups in total. The maximum absolute atomic E-state index is 10.4. The highest BCUT2D eigenvalue weighted by Crippen LogP contribution is 2.47. The molecule has 5 unspecified atom stereocenters. The van der Waals surface area contributed by atoms with Crippen LogP contribution in [0.15, 0.2) is 5.16 Å². The molecule has 152 valence electrons. The average Bonchev–Trinajstić information content (AvgIpc) is 2.86. The van der Waals surface area contributed by atoms with Gasteiger partial charge in [-0.25, -0.2) is 4.79 Å². The molecular weight excluding hydrogens is 346 g/mol. The molecule has 27 heavy (non-hydrogen) atoms. The van der Waals surface area contributed by atoms with Crippen LogP contribution in [0.4, 0.5) is 0 Å². The minimum atomic E-state index is -1.06. The molecule has 0 spiro atoms. The van der Waals surface area contributed by atoms with Crippen molar-refractivity contribution in [3.63, 3.8) is 0 Å². The number of hydrogen-bond donors (Lipinski definition) is 3. The Balaban J connectivity index is 1.67. The SMILES string of the molecule is CCCCCCCCCC(O)C#CC1CC2C(=NOCC(=O)O)CC2C1O. The molecule has 2 aliphatic rings. The Morgan fingerprint density at radius 3 is 2.67 bits per heavy atom. The number of nitrogens with zero attached hydrogens (tertiary/aromatic N) is 1. The monoisotopic (exact) mass is 379 g/mol. The Hall–Kier alpha value is -1.58. The van der Waals surface area contributed by atoms with Crippen LogP contribution in [0.1, 0.15) is 71.1 Å². The topological polar surface area (TPSA) is 99.4 Å². The van der Waals surface area contributed by atoms with Gasteiger partial charge in [-0.15, -0.1) is 0 Å². The number of unbranched alkanes of at least 4 members (excludes halogenated alkanes) is 6. The lowest BCUT2D eigenvalue weighted by atomic mass is 9.73. The lowest BCUT2D eigenvalue weighted by molar-refractivity contribution is -0.142. The van der Waals surface area contributed by atoms with E-state index in [2.05, 4.69) is 23.9 Å². The molecule has 0 aromatic rings. The molecule has 6 heteroatoms. The van der Waals surface area contributed by atoms with Crippen LogP contribution in [0.5, 0.6) is 0 Å². The highest BCUT2D eigenvalue weighted by molar-refractivity contribution is 5.93. The van der Waals surface area contributed by atoms with Gasteiger partial charge >= 0.3 is 5.97 Å². The number of oxime groups is 1. The van der Waals surface area contributed by atoms with Crippen molar-refractivity contribution in [2.24, 2.45) is 22.9 Å².